The van der Waals surface area contributed by atoms with Crippen LogP contribution < -0.4 is 15.1 Å². The molecule has 2 aliphatic rings. The summed E-state index contributed by atoms with van der Waals surface area (Å²) in [5.41, 5.74) is 3.20. The topological polar surface area (TPSA) is 52.7 Å². The van der Waals surface area contributed by atoms with Crippen LogP contribution >= 0.6 is 0 Å². The number of rotatable bonds is 4. The minimum atomic E-state index is -0.755. The number of benzene rings is 2. The van der Waals surface area contributed by atoms with E-state index in [1.54, 1.807) is 0 Å². The van der Waals surface area contributed by atoms with Gasteiger partial charge in [-0.2, -0.15) is 0 Å². The molecule has 2 amide bonds. The van der Waals surface area contributed by atoms with E-state index in [0.717, 1.165) is 43.4 Å². The Morgan fingerprint density at radius 3 is 2.64 bits per heavy atom. The van der Waals surface area contributed by atoms with Gasteiger partial charge in [0.25, 0.3) is 0 Å². The maximum atomic E-state index is 13.5. The van der Waals surface area contributed by atoms with Crippen LogP contribution in [0.5, 0.6) is 0 Å². The van der Waals surface area contributed by atoms with Crippen LogP contribution in [0.15, 0.2) is 36.4 Å². The molecule has 1 saturated heterocycles. The quantitative estimate of drug-likeness (QED) is 0.878. The van der Waals surface area contributed by atoms with Crippen molar-refractivity contribution in [2.24, 2.45) is 5.92 Å². The van der Waals surface area contributed by atoms with Gasteiger partial charge in [-0.05, 0) is 43.2 Å². The number of fused-ring (bicyclic) bond motifs is 1. The molecule has 28 heavy (non-hydrogen) atoms. The number of nitrogens with zero attached hydrogens (tertiary/aromatic N) is 2. The predicted molar refractivity (Wildman–Crippen MR) is 103 cm³/mol. The van der Waals surface area contributed by atoms with Crippen molar-refractivity contribution in [2.45, 2.75) is 19.8 Å². The van der Waals surface area contributed by atoms with E-state index in [4.69, 9.17) is 0 Å². The summed E-state index contributed by atoms with van der Waals surface area (Å²) in [6.07, 6.45) is 1.00. The zero-order valence-electron chi connectivity index (χ0n) is 15.5. The smallest absolute Gasteiger partial charge is 0.229 e. The summed E-state index contributed by atoms with van der Waals surface area (Å²) < 4.78 is 26.9. The highest BCUT2D eigenvalue weighted by molar-refractivity contribution is 6.03. The van der Waals surface area contributed by atoms with Gasteiger partial charge in [0.2, 0.25) is 11.8 Å². The Balaban J connectivity index is 1.47. The summed E-state index contributed by atoms with van der Waals surface area (Å²) >= 11 is 0. The molecule has 7 heteroatoms. The normalized spacial score (nSPS) is 18.5. The first-order valence-electron chi connectivity index (χ1n) is 9.40. The van der Waals surface area contributed by atoms with Crippen LogP contribution in [0.3, 0.4) is 0 Å². The molecule has 5 nitrogen and oxygen atoms in total. The monoisotopic (exact) mass is 385 g/mol. The summed E-state index contributed by atoms with van der Waals surface area (Å²) in [6.45, 7) is 4.06. The van der Waals surface area contributed by atoms with Gasteiger partial charge in [0.1, 0.15) is 11.6 Å². The van der Waals surface area contributed by atoms with Gasteiger partial charge in [-0.1, -0.05) is 6.07 Å². The Morgan fingerprint density at radius 2 is 1.93 bits per heavy atom. The number of amides is 2. The van der Waals surface area contributed by atoms with Crippen LogP contribution in [-0.4, -0.2) is 31.4 Å². The molecule has 2 heterocycles. The lowest BCUT2D eigenvalue weighted by molar-refractivity contribution is -0.122. The summed E-state index contributed by atoms with van der Waals surface area (Å²) in [6, 6.07) is 8.79. The molecule has 0 saturated carbocycles. The van der Waals surface area contributed by atoms with Crippen molar-refractivity contribution >= 4 is 28.9 Å². The third-order valence-electron chi connectivity index (χ3n) is 5.38. The molecule has 0 aromatic heterocycles. The van der Waals surface area contributed by atoms with Gasteiger partial charge in [-0.25, -0.2) is 8.78 Å². The van der Waals surface area contributed by atoms with Crippen LogP contribution in [0.4, 0.5) is 25.8 Å². The first-order valence-corrected chi connectivity index (χ1v) is 9.40. The second-order valence-electron chi connectivity index (χ2n) is 7.20. The van der Waals surface area contributed by atoms with Gasteiger partial charge in [0.05, 0.1) is 5.92 Å². The SMILES string of the molecule is CCN1CCc2ccc(NC(=O)C3CC(=O)N(c4cc(F)cc(F)c4)C3)cc21. The third-order valence-corrected chi connectivity index (χ3v) is 5.38. The van der Waals surface area contributed by atoms with Gasteiger partial charge >= 0.3 is 0 Å². The summed E-state index contributed by atoms with van der Waals surface area (Å²) in [7, 11) is 0. The number of hydrogen-bond donors (Lipinski definition) is 1. The number of carbonyl (C=O) groups is 2. The van der Waals surface area contributed by atoms with Crippen molar-refractivity contribution in [3.8, 4) is 0 Å². The van der Waals surface area contributed by atoms with E-state index in [1.165, 1.54) is 10.5 Å². The van der Waals surface area contributed by atoms with E-state index in [2.05, 4.69) is 17.1 Å². The van der Waals surface area contributed by atoms with Gasteiger partial charge in [0, 0.05) is 49.2 Å². The first kappa shape index (κ1) is 18.4. The minimum absolute atomic E-state index is 0.00991. The molecule has 0 spiro atoms. The molecule has 1 fully saturated rings. The van der Waals surface area contributed by atoms with Crippen molar-refractivity contribution in [3.63, 3.8) is 0 Å². The summed E-state index contributed by atoms with van der Waals surface area (Å²) in [5.74, 6) is -2.68. The fourth-order valence-electron chi connectivity index (χ4n) is 3.92. The largest absolute Gasteiger partial charge is 0.371 e. The Labute approximate surface area is 161 Å². The second-order valence-corrected chi connectivity index (χ2v) is 7.20. The second kappa shape index (κ2) is 7.22. The van der Waals surface area contributed by atoms with E-state index in [9.17, 15) is 18.4 Å². The molecular formula is C21H21F2N3O2. The molecule has 2 aliphatic heterocycles. The maximum Gasteiger partial charge on any atom is 0.229 e. The van der Waals surface area contributed by atoms with E-state index in [1.807, 2.05) is 18.2 Å². The summed E-state index contributed by atoms with van der Waals surface area (Å²) in [4.78, 5) is 28.5. The van der Waals surface area contributed by atoms with Gasteiger partial charge in [0.15, 0.2) is 0 Å². The number of halogens is 2. The van der Waals surface area contributed by atoms with Gasteiger partial charge in [-0.15, -0.1) is 0 Å². The molecule has 2 aromatic rings. The standard InChI is InChI=1S/C21H21F2N3O2/c1-2-25-6-5-13-3-4-17(11-19(13)25)24-21(28)14-7-20(27)26(12-14)18-9-15(22)8-16(23)10-18/h3-4,8-11,14H,2,5-7,12H2,1H3,(H,24,28). The molecule has 1 atom stereocenters. The predicted octanol–water partition coefficient (Wildman–Crippen LogP) is 3.34. The molecule has 0 radical (unpaired) electrons. The van der Waals surface area contributed by atoms with Crippen molar-refractivity contribution in [2.75, 3.05) is 34.8 Å². The van der Waals surface area contributed by atoms with Crippen molar-refractivity contribution in [1.82, 2.24) is 0 Å². The van der Waals surface area contributed by atoms with Gasteiger partial charge < -0.3 is 15.1 Å². The molecule has 146 valence electrons. The van der Waals surface area contributed by atoms with Gasteiger partial charge in [-0.3, -0.25) is 9.59 Å². The highest BCUT2D eigenvalue weighted by atomic mass is 19.1. The zero-order chi connectivity index (χ0) is 19.8. The Morgan fingerprint density at radius 1 is 1.18 bits per heavy atom. The molecule has 1 unspecified atom stereocenters. The van der Waals surface area contributed by atoms with Crippen molar-refractivity contribution < 1.29 is 18.4 Å². The molecule has 0 aliphatic carbocycles. The highest BCUT2D eigenvalue weighted by Crippen LogP contribution is 2.32. The lowest BCUT2D eigenvalue weighted by atomic mass is 10.1. The van der Waals surface area contributed by atoms with E-state index in [0.29, 0.717) is 5.69 Å². The average molecular weight is 385 g/mol. The Bertz CT molecular complexity index is 927. The Kier molecular flexibility index (Phi) is 4.75. The molecule has 1 N–H and O–H groups in total. The lowest BCUT2D eigenvalue weighted by Crippen LogP contribution is -2.28. The first-order chi connectivity index (χ1) is 13.4. The van der Waals surface area contributed by atoms with Crippen LogP contribution in [-0.2, 0) is 16.0 Å². The van der Waals surface area contributed by atoms with Crippen LogP contribution in [0.25, 0.3) is 0 Å². The Hall–Kier alpha value is -2.96. The van der Waals surface area contributed by atoms with Crippen LogP contribution in [0, 0.1) is 17.6 Å². The number of hydrogen-bond acceptors (Lipinski definition) is 3. The summed E-state index contributed by atoms with van der Waals surface area (Å²) in [5, 5.41) is 2.88. The maximum absolute atomic E-state index is 13.5. The fraction of sp³-hybridized carbons (Fsp3) is 0.333. The lowest BCUT2D eigenvalue weighted by Gasteiger charge is -2.18. The zero-order valence-corrected chi connectivity index (χ0v) is 15.5. The number of nitrogens with one attached hydrogen (secondary N) is 1. The van der Waals surface area contributed by atoms with E-state index in [-0.39, 0.29) is 30.5 Å². The highest BCUT2D eigenvalue weighted by Gasteiger charge is 2.35. The van der Waals surface area contributed by atoms with Crippen LogP contribution in [0.2, 0.25) is 0 Å². The minimum Gasteiger partial charge on any atom is -0.371 e. The van der Waals surface area contributed by atoms with Crippen LogP contribution in [0.1, 0.15) is 18.9 Å². The average Bonchev–Trinajstić information content (AvgIpc) is 3.24. The van der Waals surface area contributed by atoms with Crippen molar-refractivity contribution in [1.29, 1.82) is 0 Å². The van der Waals surface area contributed by atoms with Crippen molar-refractivity contribution in [3.05, 3.63) is 53.6 Å². The molecule has 2 aromatic carbocycles. The van der Waals surface area contributed by atoms with E-state index < -0.39 is 17.6 Å². The number of anilines is 3. The fourth-order valence-corrected chi connectivity index (χ4v) is 3.92. The van der Waals surface area contributed by atoms with E-state index >= 15 is 0 Å². The molecule has 0 bridgehead atoms. The number of likely N-dealkylation sites (N-methyl/N-ethyl adjacent to an activating group) is 1. The number of carbonyl (C=O) groups excluding carboxylic acids is 2. The molecular weight excluding hydrogens is 364 g/mol. The molecule has 4 rings (SSSR count). The third kappa shape index (κ3) is 3.44.